The number of benzene rings is 1. The molecule has 2 aromatic rings. The average Bonchev–Trinajstić information content (AvgIpc) is 2.71. The molecule has 7 heteroatoms. The number of nitrogens with one attached hydrogen (secondary N) is 1. The molecule has 21 heavy (non-hydrogen) atoms. The summed E-state index contributed by atoms with van der Waals surface area (Å²) in [6.07, 6.45) is 0. The molecular formula is C14H19N3O3S. The predicted molar refractivity (Wildman–Crippen MR) is 81.0 cm³/mol. The zero-order valence-electron chi connectivity index (χ0n) is 12.3. The molecule has 1 aromatic carbocycles. The van der Waals surface area contributed by atoms with Gasteiger partial charge in [-0.2, -0.15) is 0 Å². The van der Waals surface area contributed by atoms with Gasteiger partial charge in [-0.3, -0.25) is 0 Å². The summed E-state index contributed by atoms with van der Waals surface area (Å²) in [7, 11) is -3.47. The van der Waals surface area contributed by atoms with E-state index in [2.05, 4.69) is 9.88 Å². The van der Waals surface area contributed by atoms with Gasteiger partial charge in [0.05, 0.1) is 11.4 Å². The van der Waals surface area contributed by atoms with Crippen LogP contribution in [0.5, 0.6) is 0 Å². The van der Waals surface area contributed by atoms with Gasteiger partial charge in [0.2, 0.25) is 10.0 Å². The maximum Gasteiger partial charge on any atom is 0.216 e. The van der Waals surface area contributed by atoms with E-state index >= 15 is 0 Å². The van der Waals surface area contributed by atoms with Crippen molar-refractivity contribution in [2.24, 2.45) is 0 Å². The first-order valence-corrected chi connectivity index (χ1v) is 8.21. The molecule has 1 aromatic heterocycles. The molecule has 0 aliphatic carbocycles. The van der Waals surface area contributed by atoms with Crippen LogP contribution in [0.3, 0.4) is 0 Å². The summed E-state index contributed by atoms with van der Waals surface area (Å²) in [6.45, 7) is 5.32. The Morgan fingerprint density at radius 3 is 2.43 bits per heavy atom. The number of aryl methyl sites for hydroxylation is 2. The van der Waals surface area contributed by atoms with E-state index in [4.69, 9.17) is 10.3 Å². The van der Waals surface area contributed by atoms with Gasteiger partial charge in [-0.15, -0.1) is 0 Å². The molecule has 2 rings (SSSR count). The molecule has 1 atom stereocenters. The zero-order valence-corrected chi connectivity index (χ0v) is 13.1. The third-order valence-corrected chi connectivity index (χ3v) is 4.64. The highest BCUT2D eigenvalue weighted by Crippen LogP contribution is 2.22. The van der Waals surface area contributed by atoms with Gasteiger partial charge in [0.1, 0.15) is 5.76 Å². The highest BCUT2D eigenvalue weighted by Gasteiger charge is 2.21. The van der Waals surface area contributed by atoms with Crippen molar-refractivity contribution in [2.45, 2.75) is 32.6 Å². The van der Waals surface area contributed by atoms with Crippen LogP contribution in [0.15, 0.2) is 28.8 Å². The molecular weight excluding hydrogens is 290 g/mol. The lowest BCUT2D eigenvalue weighted by molar-refractivity contribution is 0.391. The Bertz CT molecular complexity index is 701. The summed E-state index contributed by atoms with van der Waals surface area (Å²) in [5.74, 6) is 0.524. The molecule has 1 heterocycles. The molecule has 114 valence electrons. The van der Waals surface area contributed by atoms with E-state index in [-0.39, 0.29) is 5.75 Å². The number of hydrogen-bond acceptors (Lipinski definition) is 5. The van der Waals surface area contributed by atoms with Gasteiger partial charge in [0.15, 0.2) is 0 Å². The van der Waals surface area contributed by atoms with Crippen LogP contribution in [0, 0.1) is 13.8 Å². The van der Waals surface area contributed by atoms with Crippen molar-refractivity contribution >= 4 is 15.7 Å². The van der Waals surface area contributed by atoms with Crippen LogP contribution in [-0.2, 0) is 15.8 Å². The molecule has 0 fully saturated rings. The summed E-state index contributed by atoms with van der Waals surface area (Å²) in [6, 6.07) is 6.38. The van der Waals surface area contributed by atoms with Gasteiger partial charge in [-0.1, -0.05) is 17.3 Å². The Labute approximate surface area is 124 Å². The quantitative estimate of drug-likeness (QED) is 0.824. The molecule has 0 radical (unpaired) electrons. The molecule has 0 saturated carbocycles. The van der Waals surface area contributed by atoms with Crippen molar-refractivity contribution in [3.8, 4) is 0 Å². The molecule has 0 amide bonds. The van der Waals surface area contributed by atoms with Crippen LogP contribution in [-0.4, -0.2) is 13.6 Å². The number of anilines is 1. The molecule has 1 unspecified atom stereocenters. The summed E-state index contributed by atoms with van der Waals surface area (Å²) in [5.41, 5.74) is 8.34. The second-order valence-corrected chi connectivity index (χ2v) is 6.83. The highest BCUT2D eigenvalue weighted by atomic mass is 32.2. The minimum Gasteiger partial charge on any atom is -0.399 e. The maximum atomic E-state index is 12.2. The fourth-order valence-electron chi connectivity index (χ4n) is 2.31. The van der Waals surface area contributed by atoms with Gasteiger partial charge >= 0.3 is 0 Å². The van der Waals surface area contributed by atoms with E-state index in [9.17, 15) is 8.42 Å². The number of nitrogens with zero attached hydrogens (tertiary/aromatic N) is 1. The number of sulfonamides is 1. The normalized spacial score (nSPS) is 13.3. The summed E-state index contributed by atoms with van der Waals surface area (Å²) in [4.78, 5) is 0. The highest BCUT2D eigenvalue weighted by molar-refractivity contribution is 7.88. The molecule has 0 bridgehead atoms. The number of aromatic nitrogens is 1. The van der Waals surface area contributed by atoms with E-state index in [1.807, 2.05) is 0 Å². The summed E-state index contributed by atoms with van der Waals surface area (Å²) >= 11 is 0. The average molecular weight is 309 g/mol. The summed E-state index contributed by atoms with van der Waals surface area (Å²) < 4.78 is 32.1. The number of rotatable bonds is 5. The van der Waals surface area contributed by atoms with Crippen molar-refractivity contribution in [1.29, 1.82) is 0 Å². The van der Waals surface area contributed by atoms with Gasteiger partial charge in [0, 0.05) is 17.3 Å². The third kappa shape index (κ3) is 3.83. The first kappa shape index (κ1) is 15.5. The molecule has 0 saturated heterocycles. The van der Waals surface area contributed by atoms with Crippen LogP contribution >= 0.6 is 0 Å². The van der Waals surface area contributed by atoms with E-state index in [0.717, 1.165) is 5.56 Å². The number of hydrogen-bond donors (Lipinski definition) is 2. The molecule has 0 aliphatic rings. The first-order chi connectivity index (χ1) is 9.78. The monoisotopic (exact) mass is 309 g/mol. The molecule has 6 nitrogen and oxygen atoms in total. The lowest BCUT2D eigenvalue weighted by Gasteiger charge is -2.14. The fraction of sp³-hybridized carbons (Fsp3) is 0.357. The Morgan fingerprint density at radius 1 is 1.29 bits per heavy atom. The summed E-state index contributed by atoms with van der Waals surface area (Å²) in [5, 5.41) is 3.84. The lowest BCUT2D eigenvalue weighted by Crippen LogP contribution is -2.28. The molecule has 3 N–H and O–H groups in total. The Balaban J connectivity index is 2.12. The first-order valence-electron chi connectivity index (χ1n) is 6.55. The standard InChI is InChI=1S/C14H19N3O3S/c1-9-14(11(3)20-16-9)10(2)17-21(18,19)8-12-4-6-13(15)7-5-12/h4-7,10,17H,8,15H2,1-3H3. The van der Waals surface area contributed by atoms with Crippen LogP contribution < -0.4 is 10.5 Å². The van der Waals surface area contributed by atoms with Crippen LogP contribution in [0.4, 0.5) is 5.69 Å². The van der Waals surface area contributed by atoms with Gasteiger partial charge in [-0.05, 0) is 38.5 Å². The maximum absolute atomic E-state index is 12.2. The fourth-order valence-corrected chi connectivity index (χ4v) is 3.68. The number of nitrogens with two attached hydrogens (primary N) is 1. The van der Waals surface area contributed by atoms with Crippen molar-refractivity contribution < 1.29 is 12.9 Å². The molecule has 0 aliphatic heterocycles. The van der Waals surface area contributed by atoms with Crippen molar-refractivity contribution in [1.82, 2.24) is 9.88 Å². The van der Waals surface area contributed by atoms with Gasteiger partial charge < -0.3 is 10.3 Å². The van der Waals surface area contributed by atoms with Gasteiger partial charge in [0.25, 0.3) is 0 Å². The smallest absolute Gasteiger partial charge is 0.216 e. The van der Waals surface area contributed by atoms with E-state index < -0.39 is 16.1 Å². The SMILES string of the molecule is Cc1noc(C)c1C(C)NS(=O)(=O)Cc1ccc(N)cc1. The lowest BCUT2D eigenvalue weighted by atomic mass is 10.1. The third-order valence-electron chi connectivity index (χ3n) is 3.21. The second-order valence-electron chi connectivity index (χ2n) is 5.08. The second kappa shape index (κ2) is 5.87. The molecule has 0 spiro atoms. The number of nitrogen functional groups attached to an aromatic ring is 1. The van der Waals surface area contributed by atoms with Crippen LogP contribution in [0.25, 0.3) is 0 Å². The predicted octanol–water partition coefficient (Wildman–Crippen LogP) is 2.05. The minimum absolute atomic E-state index is 0.0962. The Hall–Kier alpha value is -1.86. The Morgan fingerprint density at radius 2 is 1.90 bits per heavy atom. The largest absolute Gasteiger partial charge is 0.399 e. The van der Waals surface area contributed by atoms with E-state index in [1.54, 1.807) is 45.0 Å². The minimum atomic E-state index is -3.47. The Kier molecular flexibility index (Phi) is 4.34. The van der Waals surface area contributed by atoms with Crippen molar-refractivity contribution in [3.63, 3.8) is 0 Å². The van der Waals surface area contributed by atoms with Crippen LogP contribution in [0.2, 0.25) is 0 Å². The van der Waals surface area contributed by atoms with Crippen molar-refractivity contribution in [2.75, 3.05) is 5.73 Å². The van der Waals surface area contributed by atoms with E-state index in [0.29, 0.717) is 22.7 Å². The van der Waals surface area contributed by atoms with Crippen molar-refractivity contribution in [3.05, 3.63) is 46.8 Å². The van der Waals surface area contributed by atoms with E-state index in [1.165, 1.54) is 0 Å². The zero-order chi connectivity index (χ0) is 15.6. The van der Waals surface area contributed by atoms with Gasteiger partial charge in [-0.25, -0.2) is 13.1 Å². The topological polar surface area (TPSA) is 98.2 Å². The van der Waals surface area contributed by atoms with Crippen LogP contribution in [0.1, 0.15) is 35.5 Å².